The Balaban J connectivity index is 2.28. The Labute approximate surface area is 140 Å². The van der Waals surface area contributed by atoms with E-state index in [0.29, 0.717) is 11.3 Å². The van der Waals surface area contributed by atoms with E-state index in [-0.39, 0.29) is 24.0 Å². The normalized spacial score (nSPS) is 11.0. The van der Waals surface area contributed by atoms with Gasteiger partial charge in [-0.25, -0.2) is 8.42 Å². The smallest absolute Gasteiger partial charge is 0.229 e. The lowest BCUT2D eigenvalue weighted by molar-refractivity contribution is 0.102. The molecule has 0 saturated heterocycles. The highest BCUT2D eigenvalue weighted by atomic mass is 35.5. The second kappa shape index (κ2) is 7.48. The average Bonchev–Trinajstić information content (AvgIpc) is 2.52. The van der Waals surface area contributed by atoms with Crippen molar-refractivity contribution in [2.24, 2.45) is 0 Å². The number of alkyl halides is 1. The molecule has 0 fully saturated rings. The Hall–Kier alpha value is -2.05. The van der Waals surface area contributed by atoms with E-state index in [2.05, 4.69) is 4.72 Å². The molecular weight excluding hydrogens is 338 g/mol. The summed E-state index contributed by atoms with van der Waals surface area (Å²) < 4.78 is 31.0. The summed E-state index contributed by atoms with van der Waals surface area (Å²) in [4.78, 5) is 11.7. The molecule has 0 radical (unpaired) electrons. The first kappa shape index (κ1) is 17.3. The van der Waals surface area contributed by atoms with Crippen molar-refractivity contribution in [1.82, 2.24) is 0 Å². The zero-order chi connectivity index (χ0) is 16.9. The molecule has 0 aliphatic heterocycles. The maximum absolute atomic E-state index is 11.7. The van der Waals surface area contributed by atoms with Crippen LogP contribution in [0.3, 0.4) is 0 Å². The van der Waals surface area contributed by atoms with Gasteiger partial charge in [0.05, 0.1) is 17.8 Å². The molecule has 122 valence electrons. The predicted octanol–water partition coefficient (Wildman–Crippen LogP) is 3.06. The zero-order valence-corrected chi connectivity index (χ0v) is 14.0. The molecule has 7 heteroatoms. The third-order valence-electron chi connectivity index (χ3n) is 2.96. The monoisotopic (exact) mass is 353 g/mol. The number of Topliss-reactive ketones (excluding diaryl/α,β-unsaturated/α-hetero) is 1. The lowest BCUT2D eigenvalue weighted by Gasteiger charge is -2.13. The standard InChI is InChI=1S/C16H16ClNO4S/c1-23(20,21)18-14-9-13(15(19)10-17)7-8-16(14)22-11-12-5-3-2-4-6-12/h2-9,18H,10-11H2,1H3. The summed E-state index contributed by atoms with van der Waals surface area (Å²) in [7, 11) is -3.51. The number of nitrogens with one attached hydrogen (secondary N) is 1. The lowest BCUT2D eigenvalue weighted by Crippen LogP contribution is -2.12. The first-order valence-corrected chi connectivity index (χ1v) is 9.19. The number of halogens is 1. The average molecular weight is 354 g/mol. The summed E-state index contributed by atoms with van der Waals surface area (Å²) in [6.45, 7) is 0.280. The minimum absolute atomic E-state index is 0.178. The second-order valence-electron chi connectivity index (χ2n) is 4.92. The topological polar surface area (TPSA) is 72.5 Å². The highest BCUT2D eigenvalue weighted by Crippen LogP contribution is 2.28. The fourth-order valence-corrected chi connectivity index (χ4v) is 2.63. The fourth-order valence-electron chi connectivity index (χ4n) is 1.92. The van der Waals surface area contributed by atoms with Crippen LogP contribution in [0.25, 0.3) is 0 Å². The molecule has 0 aliphatic rings. The van der Waals surface area contributed by atoms with Gasteiger partial charge in [-0.1, -0.05) is 30.3 Å². The number of benzene rings is 2. The van der Waals surface area contributed by atoms with Crippen LogP contribution in [-0.4, -0.2) is 26.3 Å². The van der Waals surface area contributed by atoms with Crippen LogP contribution < -0.4 is 9.46 Å². The molecule has 0 spiro atoms. The van der Waals surface area contributed by atoms with Gasteiger partial charge in [0.25, 0.3) is 0 Å². The highest BCUT2D eigenvalue weighted by Gasteiger charge is 2.13. The van der Waals surface area contributed by atoms with E-state index in [1.807, 2.05) is 30.3 Å². The SMILES string of the molecule is CS(=O)(=O)Nc1cc(C(=O)CCl)ccc1OCc1ccccc1. The third-order valence-corrected chi connectivity index (χ3v) is 3.79. The van der Waals surface area contributed by atoms with Crippen LogP contribution in [0.2, 0.25) is 0 Å². The van der Waals surface area contributed by atoms with Gasteiger partial charge < -0.3 is 4.74 Å². The van der Waals surface area contributed by atoms with Gasteiger partial charge in [-0.05, 0) is 23.8 Å². The Morgan fingerprint density at radius 2 is 1.87 bits per heavy atom. The van der Waals surface area contributed by atoms with Crippen molar-refractivity contribution in [2.75, 3.05) is 16.9 Å². The number of ketones is 1. The molecule has 2 rings (SSSR count). The molecule has 2 aromatic rings. The van der Waals surface area contributed by atoms with Crippen LogP contribution >= 0.6 is 11.6 Å². The Bertz CT molecular complexity index is 791. The number of rotatable bonds is 7. The third kappa shape index (κ3) is 5.26. The van der Waals surface area contributed by atoms with Crippen molar-refractivity contribution in [3.8, 4) is 5.75 Å². The highest BCUT2D eigenvalue weighted by molar-refractivity contribution is 7.92. The molecule has 0 unspecified atom stereocenters. The molecule has 0 saturated carbocycles. The van der Waals surface area contributed by atoms with Crippen molar-refractivity contribution in [3.05, 3.63) is 59.7 Å². The van der Waals surface area contributed by atoms with Gasteiger partial charge in [0.2, 0.25) is 10.0 Å². The van der Waals surface area contributed by atoms with Crippen LogP contribution in [0.4, 0.5) is 5.69 Å². The molecule has 0 heterocycles. The molecule has 0 atom stereocenters. The second-order valence-corrected chi connectivity index (χ2v) is 6.93. The van der Waals surface area contributed by atoms with Crippen molar-refractivity contribution in [3.63, 3.8) is 0 Å². The molecule has 0 bridgehead atoms. The Morgan fingerprint density at radius 1 is 1.17 bits per heavy atom. The summed E-state index contributed by atoms with van der Waals surface area (Å²) in [5, 5.41) is 0. The summed E-state index contributed by atoms with van der Waals surface area (Å²) >= 11 is 5.53. The van der Waals surface area contributed by atoms with Crippen LogP contribution in [0, 0.1) is 0 Å². The van der Waals surface area contributed by atoms with Crippen molar-refractivity contribution < 1.29 is 17.9 Å². The lowest BCUT2D eigenvalue weighted by atomic mass is 10.1. The molecule has 0 aliphatic carbocycles. The van der Waals surface area contributed by atoms with Crippen LogP contribution in [0.15, 0.2) is 48.5 Å². The van der Waals surface area contributed by atoms with Crippen LogP contribution in [0.5, 0.6) is 5.75 Å². The summed E-state index contributed by atoms with van der Waals surface area (Å²) in [5.74, 6) is -0.133. The first-order valence-electron chi connectivity index (χ1n) is 6.77. The first-order chi connectivity index (χ1) is 10.9. The van der Waals surface area contributed by atoms with Crippen molar-refractivity contribution >= 4 is 33.1 Å². The van der Waals surface area contributed by atoms with E-state index in [9.17, 15) is 13.2 Å². The van der Waals surface area contributed by atoms with Gasteiger partial charge >= 0.3 is 0 Å². The van der Waals surface area contributed by atoms with E-state index in [1.54, 1.807) is 12.1 Å². The minimum Gasteiger partial charge on any atom is -0.487 e. The zero-order valence-electron chi connectivity index (χ0n) is 12.5. The minimum atomic E-state index is -3.51. The maximum Gasteiger partial charge on any atom is 0.229 e. The molecular formula is C16H16ClNO4S. The van der Waals surface area contributed by atoms with Crippen LogP contribution in [0.1, 0.15) is 15.9 Å². The maximum atomic E-state index is 11.7. The van der Waals surface area contributed by atoms with Gasteiger partial charge in [-0.15, -0.1) is 11.6 Å². The number of ether oxygens (including phenoxy) is 1. The number of carbonyl (C=O) groups excluding carboxylic acids is 1. The summed E-state index contributed by atoms with van der Waals surface area (Å²) in [6.07, 6.45) is 1.03. The molecule has 5 nitrogen and oxygen atoms in total. The van der Waals surface area contributed by atoms with E-state index < -0.39 is 10.0 Å². The molecule has 1 N–H and O–H groups in total. The number of sulfonamides is 1. The summed E-state index contributed by atoms with van der Waals surface area (Å²) in [6, 6.07) is 14.0. The number of hydrogen-bond acceptors (Lipinski definition) is 4. The Kier molecular flexibility index (Phi) is 5.63. The molecule has 23 heavy (non-hydrogen) atoms. The molecule has 0 aromatic heterocycles. The van der Waals surface area contributed by atoms with E-state index in [1.165, 1.54) is 6.07 Å². The summed E-state index contributed by atoms with van der Waals surface area (Å²) in [5.41, 5.74) is 1.47. The fraction of sp³-hybridized carbons (Fsp3) is 0.188. The predicted molar refractivity (Wildman–Crippen MR) is 90.7 cm³/mol. The van der Waals surface area contributed by atoms with Gasteiger partial charge in [-0.2, -0.15) is 0 Å². The number of anilines is 1. The molecule has 2 aromatic carbocycles. The quantitative estimate of drug-likeness (QED) is 0.613. The number of carbonyl (C=O) groups is 1. The van der Waals surface area contributed by atoms with E-state index in [4.69, 9.17) is 16.3 Å². The van der Waals surface area contributed by atoms with Gasteiger partial charge in [-0.3, -0.25) is 9.52 Å². The van der Waals surface area contributed by atoms with Gasteiger partial charge in [0, 0.05) is 5.56 Å². The van der Waals surface area contributed by atoms with Crippen LogP contribution in [-0.2, 0) is 16.6 Å². The largest absolute Gasteiger partial charge is 0.487 e. The van der Waals surface area contributed by atoms with Crippen molar-refractivity contribution in [1.29, 1.82) is 0 Å². The molecule has 0 amide bonds. The Morgan fingerprint density at radius 3 is 2.48 bits per heavy atom. The number of hydrogen-bond donors (Lipinski definition) is 1. The van der Waals surface area contributed by atoms with Crippen molar-refractivity contribution in [2.45, 2.75) is 6.61 Å². The van der Waals surface area contributed by atoms with Gasteiger partial charge in [0.1, 0.15) is 12.4 Å². The van der Waals surface area contributed by atoms with E-state index >= 15 is 0 Å². The van der Waals surface area contributed by atoms with E-state index in [0.717, 1.165) is 11.8 Å². The van der Waals surface area contributed by atoms with Gasteiger partial charge in [0.15, 0.2) is 5.78 Å².